The summed E-state index contributed by atoms with van der Waals surface area (Å²) in [5.74, 6) is 0.911. The summed E-state index contributed by atoms with van der Waals surface area (Å²) in [5.41, 5.74) is 2.23. The van der Waals surface area contributed by atoms with Crippen molar-refractivity contribution < 1.29 is 24.1 Å². The Morgan fingerprint density at radius 1 is 1.15 bits per heavy atom. The van der Waals surface area contributed by atoms with Crippen molar-refractivity contribution in [1.29, 1.82) is 0 Å². The van der Waals surface area contributed by atoms with Crippen LogP contribution in [0.2, 0.25) is 0 Å². The number of amidine groups is 1. The minimum absolute atomic E-state index is 0.295. The van der Waals surface area contributed by atoms with Crippen LogP contribution in [-0.4, -0.2) is 60.6 Å². The summed E-state index contributed by atoms with van der Waals surface area (Å²) in [5, 5.41) is 0. The number of hydrogen-bond donors (Lipinski definition) is 1. The quantitative estimate of drug-likeness (QED) is 0.821. The molecular weight excluding hydrogens is 348 g/mol. The van der Waals surface area contributed by atoms with Gasteiger partial charge in [0.1, 0.15) is 13.2 Å². The molecule has 1 aromatic carbocycles. The van der Waals surface area contributed by atoms with E-state index in [0.29, 0.717) is 48.4 Å². The molecule has 4 rings (SSSR count). The summed E-state index contributed by atoms with van der Waals surface area (Å²) in [6.45, 7) is 3.02. The van der Waals surface area contributed by atoms with Crippen LogP contribution in [0.25, 0.3) is 0 Å². The average Bonchev–Trinajstić information content (AvgIpc) is 2.70. The molecule has 0 saturated carbocycles. The molecule has 0 radical (unpaired) electrons. The number of allylic oxidation sites excluding steroid dienone is 1. The van der Waals surface area contributed by atoms with E-state index in [1.54, 1.807) is 7.05 Å². The van der Waals surface area contributed by atoms with E-state index in [-0.39, 0.29) is 11.9 Å². The zero-order chi connectivity index (χ0) is 19.1. The minimum atomic E-state index is -0.647. The van der Waals surface area contributed by atoms with Gasteiger partial charge in [-0.05, 0) is 18.6 Å². The number of ether oxygens (including phenoxy) is 2. The van der Waals surface area contributed by atoms with Gasteiger partial charge in [0.2, 0.25) is 0 Å². The standard InChI is InChI=1S/C19H20N4O4/c1-4-11-10-20-17-15(18(24)23(3)19(25)22(17)2)16(11)21-12-5-6-13-14(9-12)27-8-7-26-13/h5-6,9-10,15H,4,7-8H2,1-3H3/p+1. The number of imide groups is 1. The molecule has 3 aliphatic rings. The lowest BCUT2D eigenvalue weighted by Gasteiger charge is -2.32. The number of aliphatic imine (C=N–C) groups is 1. The van der Waals surface area contributed by atoms with Crippen molar-refractivity contribution in [2.24, 2.45) is 10.9 Å². The van der Waals surface area contributed by atoms with Gasteiger partial charge in [-0.25, -0.2) is 14.7 Å². The number of urea groups is 1. The van der Waals surface area contributed by atoms with E-state index in [2.05, 4.69) is 4.99 Å². The maximum atomic E-state index is 12.9. The van der Waals surface area contributed by atoms with E-state index >= 15 is 0 Å². The van der Waals surface area contributed by atoms with E-state index in [1.165, 1.54) is 11.9 Å². The third-order valence-electron chi connectivity index (χ3n) is 4.94. The van der Waals surface area contributed by atoms with Gasteiger partial charge in [-0.15, -0.1) is 0 Å². The number of carbonyl (C=O) groups is 2. The molecule has 0 bridgehead atoms. The predicted molar refractivity (Wildman–Crippen MR) is 98.3 cm³/mol. The first-order valence-corrected chi connectivity index (χ1v) is 8.87. The molecule has 1 N–H and O–H groups in total. The zero-order valence-electron chi connectivity index (χ0n) is 15.5. The van der Waals surface area contributed by atoms with Crippen LogP contribution in [0.5, 0.6) is 11.5 Å². The molecular formula is C19H21N4O4+. The van der Waals surface area contributed by atoms with Gasteiger partial charge in [0, 0.05) is 18.7 Å². The van der Waals surface area contributed by atoms with Gasteiger partial charge in [-0.2, -0.15) is 4.90 Å². The molecule has 8 nitrogen and oxygen atoms in total. The van der Waals surface area contributed by atoms with Crippen molar-refractivity contribution in [3.05, 3.63) is 30.0 Å². The molecule has 3 heterocycles. The van der Waals surface area contributed by atoms with E-state index < -0.39 is 5.92 Å². The van der Waals surface area contributed by atoms with Crippen molar-refractivity contribution in [2.75, 3.05) is 27.3 Å². The topological polar surface area (TPSA) is 85.4 Å². The number of hydrogen-bond acceptors (Lipinski definition) is 5. The highest BCUT2D eigenvalue weighted by molar-refractivity contribution is 6.31. The number of nitrogens with zero attached hydrogens (tertiary/aromatic N) is 3. The third-order valence-corrected chi connectivity index (χ3v) is 4.94. The second-order valence-electron chi connectivity index (χ2n) is 6.55. The molecule has 0 aromatic heterocycles. The van der Waals surface area contributed by atoms with Crippen molar-refractivity contribution in [1.82, 2.24) is 9.80 Å². The lowest BCUT2D eigenvalue weighted by molar-refractivity contribution is -0.383. The minimum Gasteiger partial charge on any atom is -0.486 e. The molecule has 140 valence electrons. The number of amides is 3. The highest BCUT2D eigenvalue weighted by Gasteiger charge is 2.50. The molecule has 3 aliphatic heterocycles. The fourth-order valence-electron chi connectivity index (χ4n) is 3.43. The first-order valence-electron chi connectivity index (χ1n) is 8.87. The summed E-state index contributed by atoms with van der Waals surface area (Å²) in [4.78, 5) is 35.6. The monoisotopic (exact) mass is 369 g/mol. The van der Waals surface area contributed by atoms with Crippen LogP contribution in [0.4, 0.5) is 10.5 Å². The maximum Gasteiger partial charge on any atom is 0.417 e. The first kappa shape index (κ1) is 17.3. The molecule has 1 saturated heterocycles. The van der Waals surface area contributed by atoms with Crippen LogP contribution in [0.15, 0.2) is 35.0 Å². The fourth-order valence-corrected chi connectivity index (χ4v) is 3.43. The van der Waals surface area contributed by atoms with Crippen LogP contribution in [0.1, 0.15) is 13.3 Å². The summed E-state index contributed by atoms with van der Waals surface area (Å²) in [6, 6.07) is 5.09. The first-order chi connectivity index (χ1) is 13.0. The Kier molecular flexibility index (Phi) is 4.18. The SMILES string of the molecule is CCC1=C[NH+]=C2C(C(=O)N(C)C(=O)N2C)C1=Nc1ccc2c(c1)OCCO2. The lowest BCUT2D eigenvalue weighted by Crippen LogP contribution is -2.80. The van der Waals surface area contributed by atoms with E-state index in [4.69, 9.17) is 14.5 Å². The van der Waals surface area contributed by atoms with Crippen molar-refractivity contribution in [2.45, 2.75) is 13.3 Å². The fraction of sp³-hybridized carbons (Fsp3) is 0.368. The summed E-state index contributed by atoms with van der Waals surface area (Å²) >= 11 is 0. The van der Waals surface area contributed by atoms with Crippen LogP contribution in [0.3, 0.4) is 0 Å². The van der Waals surface area contributed by atoms with Gasteiger partial charge in [0.05, 0.1) is 24.6 Å². The highest BCUT2D eigenvalue weighted by atomic mass is 16.6. The van der Waals surface area contributed by atoms with Crippen LogP contribution < -0.4 is 14.5 Å². The van der Waals surface area contributed by atoms with Crippen LogP contribution in [-0.2, 0) is 4.79 Å². The lowest BCUT2D eigenvalue weighted by atomic mass is 9.89. The summed E-state index contributed by atoms with van der Waals surface area (Å²) in [6.07, 6.45) is 2.51. The van der Waals surface area contributed by atoms with Gasteiger partial charge in [0.15, 0.2) is 17.4 Å². The van der Waals surface area contributed by atoms with Gasteiger partial charge >= 0.3 is 6.03 Å². The molecule has 1 fully saturated rings. The second kappa shape index (κ2) is 6.53. The summed E-state index contributed by atoms with van der Waals surface area (Å²) < 4.78 is 11.2. The number of benzene rings is 1. The highest BCUT2D eigenvalue weighted by Crippen LogP contribution is 2.35. The van der Waals surface area contributed by atoms with Gasteiger partial charge in [-0.3, -0.25) is 9.79 Å². The molecule has 3 amide bonds. The molecule has 0 spiro atoms. The Labute approximate surface area is 156 Å². The zero-order valence-corrected chi connectivity index (χ0v) is 15.5. The largest absolute Gasteiger partial charge is 0.486 e. The Balaban J connectivity index is 1.79. The Morgan fingerprint density at radius 3 is 2.63 bits per heavy atom. The van der Waals surface area contributed by atoms with Crippen molar-refractivity contribution in [3.8, 4) is 11.5 Å². The van der Waals surface area contributed by atoms with Crippen LogP contribution >= 0.6 is 0 Å². The van der Waals surface area contributed by atoms with Gasteiger partial charge in [0.25, 0.3) is 11.7 Å². The normalized spacial score (nSPS) is 23.2. The number of fused-ring (bicyclic) bond motifs is 2. The molecule has 8 heteroatoms. The second-order valence-corrected chi connectivity index (χ2v) is 6.55. The maximum absolute atomic E-state index is 12.9. The molecule has 1 unspecified atom stereocenters. The summed E-state index contributed by atoms with van der Waals surface area (Å²) in [7, 11) is 3.14. The molecule has 1 atom stereocenters. The Hall–Kier alpha value is -3.16. The number of nitrogens with one attached hydrogen (secondary N) is 1. The molecule has 1 aromatic rings. The molecule has 0 aliphatic carbocycles. The Morgan fingerprint density at radius 2 is 1.89 bits per heavy atom. The van der Waals surface area contributed by atoms with Crippen molar-refractivity contribution >= 4 is 29.2 Å². The average molecular weight is 369 g/mol. The smallest absolute Gasteiger partial charge is 0.417 e. The Bertz CT molecular complexity index is 918. The van der Waals surface area contributed by atoms with E-state index in [0.717, 1.165) is 10.5 Å². The molecule has 27 heavy (non-hydrogen) atoms. The van der Waals surface area contributed by atoms with Gasteiger partial charge in [-0.1, -0.05) is 6.92 Å². The van der Waals surface area contributed by atoms with Gasteiger partial charge < -0.3 is 9.47 Å². The number of rotatable bonds is 2. The van der Waals surface area contributed by atoms with E-state index in [1.807, 2.05) is 31.3 Å². The third kappa shape index (κ3) is 2.77. The van der Waals surface area contributed by atoms with Crippen molar-refractivity contribution in [3.63, 3.8) is 0 Å². The van der Waals surface area contributed by atoms with E-state index in [9.17, 15) is 9.59 Å². The predicted octanol–water partition coefficient (Wildman–Crippen LogP) is 0.457. The van der Waals surface area contributed by atoms with Crippen LogP contribution in [0, 0.1) is 5.92 Å². The number of carbonyl (C=O) groups excluding carboxylic acids is 2.